The van der Waals surface area contributed by atoms with Crippen LogP contribution in [0.1, 0.15) is 16.8 Å². The first-order valence-corrected chi connectivity index (χ1v) is 7.07. The summed E-state index contributed by atoms with van der Waals surface area (Å²) in [6.45, 7) is 0.951. The quantitative estimate of drug-likeness (QED) is 0.793. The summed E-state index contributed by atoms with van der Waals surface area (Å²) < 4.78 is 0. The lowest BCUT2D eigenvalue weighted by Gasteiger charge is -2.18. The average molecular weight is 333 g/mol. The molecule has 1 fully saturated rings. The van der Waals surface area contributed by atoms with E-state index in [9.17, 15) is 9.59 Å². The van der Waals surface area contributed by atoms with Crippen LogP contribution in [0, 0.1) is 5.92 Å². The lowest BCUT2D eigenvalue weighted by atomic mass is 10.1. The van der Waals surface area contributed by atoms with E-state index >= 15 is 0 Å². The van der Waals surface area contributed by atoms with Crippen molar-refractivity contribution in [3.63, 3.8) is 0 Å². The summed E-state index contributed by atoms with van der Waals surface area (Å²) >= 11 is 11.7. The summed E-state index contributed by atoms with van der Waals surface area (Å²) in [5.74, 6) is -1.18. The number of halogens is 2. The molecule has 114 valence electrons. The summed E-state index contributed by atoms with van der Waals surface area (Å²) in [6, 6.07) is 2.15. The largest absolute Gasteiger partial charge is 0.478 e. The molecule has 2 amide bonds. The van der Waals surface area contributed by atoms with Crippen molar-refractivity contribution in [3.05, 3.63) is 27.7 Å². The number of carbonyl (C=O) groups is 2. The number of nitrogens with zero attached hydrogens (tertiary/aromatic N) is 1. The first-order valence-electron chi connectivity index (χ1n) is 6.31. The number of benzene rings is 1. The van der Waals surface area contributed by atoms with Crippen molar-refractivity contribution in [2.24, 2.45) is 5.92 Å². The Labute approximate surface area is 131 Å². The Morgan fingerprint density at radius 1 is 1.38 bits per heavy atom. The van der Waals surface area contributed by atoms with Crippen LogP contribution in [0.4, 0.5) is 10.5 Å². The highest BCUT2D eigenvalue weighted by molar-refractivity contribution is 6.37. The van der Waals surface area contributed by atoms with Gasteiger partial charge in [-0.3, -0.25) is 0 Å². The number of urea groups is 1. The van der Waals surface area contributed by atoms with Crippen LogP contribution < -0.4 is 5.32 Å². The molecule has 0 radical (unpaired) electrons. The van der Waals surface area contributed by atoms with Crippen LogP contribution in [0.5, 0.6) is 0 Å². The van der Waals surface area contributed by atoms with E-state index in [4.69, 9.17) is 33.4 Å². The fourth-order valence-electron chi connectivity index (χ4n) is 2.22. The van der Waals surface area contributed by atoms with E-state index < -0.39 is 12.0 Å². The molecule has 0 aliphatic carbocycles. The number of carbonyl (C=O) groups excluding carboxylic acids is 1. The fraction of sp³-hybridized carbons (Fsp3) is 0.385. The molecule has 0 spiro atoms. The maximum Gasteiger partial charge on any atom is 0.337 e. The standard InChI is InChI=1S/C13H14Cl2N2O4/c14-8-3-9(12(19)20)11(10(15)4-8)16-13(21)17-2-1-7(5-17)6-18/h3-4,7,18H,1-2,5-6H2,(H,16,21)(H,19,20). The average Bonchev–Trinajstić information content (AvgIpc) is 2.90. The molecule has 1 aromatic carbocycles. The molecule has 2 rings (SSSR count). The van der Waals surface area contributed by atoms with Crippen LogP contribution in [-0.4, -0.2) is 46.8 Å². The van der Waals surface area contributed by atoms with Crippen LogP contribution in [0.25, 0.3) is 0 Å². The van der Waals surface area contributed by atoms with Gasteiger partial charge in [-0.05, 0) is 18.6 Å². The molecule has 8 heteroatoms. The Hall–Kier alpha value is -1.50. The molecule has 21 heavy (non-hydrogen) atoms. The second kappa shape index (κ2) is 6.51. The zero-order valence-corrected chi connectivity index (χ0v) is 12.5. The van der Waals surface area contributed by atoms with Crippen molar-refractivity contribution < 1.29 is 19.8 Å². The molecule has 0 bridgehead atoms. The summed E-state index contributed by atoms with van der Waals surface area (Å²) in [5, 5.41) is 21.0. The maximum absolute atomic E-state index is 12.1. The second-order valence-electron chi connectivity index (χ2n) is 4.83. The maximum atomic E-state index is 12.1. The molecular weight excluding hydrogens is 319 g/mol. The summed E-state index contributed by atoms with van der Waals surface area (Å²) in [7, 11) is 0. The normalized spacial score (nSPS) is 17.9. The van der Waals surface area contributed by atoms with E-state index in [1.165, 1.54) is 17.0 Å². The number of aliphatic hydroxyl groups is 1. The molecule has 0 saturated carbocycles. The Kier molecular flexibility index (Phi) is 4.92. The highest BCUT2D eigenvalue weighted by atomic mass is 35.5. The van der Waals surface area contributed by atoms with Gasteiger partial charge in [-0.2, -0.15) is 0 Å². The van der Waals surface area contributed by atoms with E-state index in [1.54, 1.807) is 0 Å². The third-order valence-corrected chi connectivity index (χ3v) is 3.86. The number of carboxylic acids is 1. The van der Waals surface area contributed by atoms with Gasteiger partial charge in [0.25, 0.3) is 0 Å². The fourth-order valence-corrected chi connectivity index (χ4v) is 2.76. The molecule has 1 unspecified atom stereocenters. The number of aliphatic hydroxyl groups excluding tert-OH is 1. The minimum absolute atomic E-state index is 0.0195. The van der Waals surface area contributed by atoms with Crippen LogP contribution in [-0.2, 0) is 0 Å². The van der Waals surface area contributed by atoms with Gasteiger partial charge < -0.3 is 20.4 Å². The Morgan fingerprint density at radius 2 is 2.10 bits per heavy atom. The van der Waals surface area contributed by atoms with Crippen LogP contribution in [0.2, 0.25) is 10.0 Å². The molecule has 1 aliphatic heterocycles. The van der Waals surface area contributed by atoms with Crippen LogP contribution in [0.3, 0.4) is 0 Å². The van der Waals surface area contributed by atoms with Gasteiger partial charge in [-0.1, -0.05) is 23.2 Å². The Balaban J connectivity index is 2.19. The number of anilines is 1. The number of carboxylic acid groups (broad SMARTS) is 1. The van der Waals surface area contributed by atoms with E-state index in [-0.39, 0.29) is 33.8 Å². The molecular formula is C13H14Cl2N2O4. The zero-order chi connectivity index (χ0) is 15.6. The van der Waals surface area contributed by atoms with Gasteiger partial charge in [-0.25, -0.2) is 9.59 Å². The Morgan fingerprint density at radius 3 is 2.67 bits per heavy atom. The Bertz CT molecular complexity index is 580. The van der Waals surface area contributed by atoms with Crippen molar-refractivity contribution in [2.75, 3.05) is 25.0 Å². The lowest BCUT2D eigenvalue weighted by Crippen LogP contribution is -2.33. The van der Waals surface area contributed by atoms with E-state index in [1.807, 2.05) is 0 Å². The monoisotopic (exact) mass is 332 g/mol. The number of aromatic carboxylic acids is 1. The van der Waals surface area contributed by atoms with Gasteiger partial charge >= 0.3 is 12.0 Å². The van der Waals surface area contributed by atoms with Gasteiger partial charge in [0.1, 0.15) is 0 Å². The molecule has 3 N–H and O–H groups in total. The molecule has 1 heterocycles. The number of amides is 2. The second-order valence-corrected chi connectivity index (χ2v) is 5.67. The highest BCUT2D eigenvalue weighted by Crippen LogP contribution is 2.31. The predicted molar refractivity (Wildman–Crippen MR) is 79.2 cm³/mol. The van der Waals surface area contributed by atoms with Crippen molar-refractivity contribution >= 4 is 40.9 Å². The predicted octanol–water partition coefficient (Wildman–Crippen LogP) is 2.54. The summed E-state index contributed by atoms with van der Waals surface area (Å²) in [6.07, 6.45) is 0.712. The molecule has 1 atom stereocenters. The van der Waals surface area contributed by atoms with Crippen molar-refractivity contribution in [1.29, 1.82) is 0 Å². The van der Waals surface area contributed by atoms with Gasteiger partial charge in [0.2, 0.25) is 0 Å². The van der Waals surface area contributed by atoms with Gasteiger partial charge in [0.05, 0.1) is 16.3 Å². The van der Waals surface area contributed by atoms with E-state index in [2.05, 4.69) is 5.32 Å². The first-order chi connectivity index (χ1) is 9.92. The topological polar surface area (TPSA) is 89.9 Å². The number of hydrogen-bond donors (Lipinski definition) is 3. The van der Waals surface area contributed by atoms with Crippen molar-refractivity contribution in [2.45, 2.75) is 6.42 Å². The van der Waals surface area contributed by atoms with Gasteiger partial charge in [-0.15, -0.1) is 0 Å². The molecule has 1 saturated heterocycles. The molecule has 6 nitrogen and oxygen atoms in total. The number of rotatable bonds is 3. The molecule has 0 aromatic heterocycles. The minimum atomic E-state index is -1.23. The summed E-state index contributed by atoms with van der Waals surface area (Å²) in [5.41, 5.74) is -0.148. The molecule has 1 aromatic rings. The molecule has 1 aliphatic rings. The third kappa shape index (κ3) is 3.58. The highest BCUT2D eigenvalue weighted by Gasteiger charge is 2.27. The number of hydrogen-bond acceptors (Lipinski definition) is 3. The SMILES string of the molecule is O=C(O)c1cc(Cl)cc(Cl)c1NC(=O)N1CCC(CO)C1. The summed E-state index contributed by atoms with van der Waals surface area (Å²) in [4.78, 5) is 24.9. The van der Waals surface area contributed by atoms with E-state index in [0.29, 0.717) is 19.5 Å². The third-order valence-electron chi connectivity index (χ3n) is 3.35. The first kappa shape index (κ1) is 15.9. The smallest absolute Gasteiger partial charge is 0.337 e. The lowest BCUT2D eigenvalue weighted by molar-refractivity contribution is 0.0698. The van der Waals surface area contributed by atoms with Crippen molar-refractivity contribution in [1.82, 2.24) is 4.90 Å². The van der Waals surface area contributed by atoms with Crippen LogP contribution in [0.15, 0.2) is 12.1 Å². The van der Waals surface area contributed by atoms with E-state index in [0.717, 1.165) is 0 Å². The van der Waals surface area contributed by atoms with Crippen molar-refractivity contribution in [3.8, 4) is 0 Å². The van der Waals surface area contributed by atoms with Gasteiger partial charge in [0, 0.05) is 30.6 Å². The number of likely N-dealkylation sites (tertiary alicyclic amines) is 1. The minimum Gasteiger partial charge on any atom is -0.478 e. The van der Waals surface area contributed by atoms with Gasteiger partial charge in [0.15, 0.2) is 0 Å². The number of nitrogens with one attached hydrogen (secondary N) is 1. The zero-order valence-electron chi connectivity index (χ0n) is 11.0. The van der Waals surface area contributed by atoms with Crippen LogP contribution >= 0.6 is 23.2 Å².